The molecule has 1 amide bonds. The molecule has 88 valence electrons. The van der Waals surface area contributed by atoms with Crippen LogP contribution in [0.2, 0.25) is 0 Å². The highest BCUT2D eigenvalue weighted by Gasteiger charge is 2.17. The van der Waals surface area contributed by atoms with Crippen LogP contribution in [-0.4, -0.2) is 18.3 Å². The largest absolute Gasteiger partial charge is 0.351 e. The third kappa shape index (κ3) is 4.14. The van der Waals surface area contributed by atoms with E-state index in [-0.39, 0.29) is 11.3 Å². The van der Waals surface area contributed by atoms with E-state index in [4.69, 9.17) is 11.6 Å². The second kappa shape index (κ2) is 5.69. The molecule has 0 fully saturated rings. The van der Waals surface area contributed by atoms with E-state index in [9.17, 15) is 4.79 Å². The molecule has 0 radical (unpaired) electrons. The van der Waals surface area contributed by atoms with Crippen molar-refractivity contribution in [2.75, 3.05) is 12.4 Å². The first kappa shape index (κ1) is 13.5. The third-order valence-electron chi connectivity index (χ3n) is 2.20. The van der Waals surface area contributed by atoms with E-state index < -0.39 is 0 Å². The zero-order valence-corrected chi connectivity index (χ0v) is 11.7. The van der Waals surface area contributed by atoms with E-state index >= 15 is 0 Å². The normalized spacial score (nSPS) is 11.2. The van der Waals surface area contributed by atoms with Crippen LogP contribution in [0, 0.1) is 5.41 Å². The van der Waals surface area contributed by atoms with Gasteiger partial charge in [-0.25, -0.2) is 0 Å². The third-order valence-corrected chi connectivity index (χ3v) is 3.45. The minimum Gasteiger partial charge on any atom is -0.351 e. The Labute approximate surface area is 110 Å². The Hall–Kier alpha value is -0.540. The molecule has 1 aromatic rings. The van der Waals surface area contributed by atoms with E-state index in [2.05, 4.69) is 21.2 Å². The average Bonchev–Trinajstić information content (AvgIpc) is 2.27. The van der Waals surface area contributed by atoms with Gasteiger partial charge in [0.25, 0.3) is 5.91 Å². The van der Waals surface area contributed by atoms with E-state index in [0.717, 1.165) is 4.47 Å². The maximum Gasteiger partial charge on any atom is 0.251 e. The quantitative estimate of drug-likeness (QED) is 0.848. The number of rotatable bonds is 4. The highest BCUT2D eigenvalue weighted by Crippen LogP contribution is 2.16. The predicted molar refractivity (Wildman–Crippen MR) is 71.0 cm³/mol. The summed E-state index contributed by atoms with van der Waals surface area (Å²) in [5, 5.41) is 2.87. The standard InChI is InChI=1S/C12H15BrClNO/c1-12(2,7-14)8-15-11(16)9-3-5-10(13)6-4-9/h3-6H,7-8H2,1-2H3,(H,15,16). The average molecular weight is 305 g/mol. The Kier molecular flexibility index (Phi) is 4.81. The second-order valence-corrected chi connectivity index (χ2v) is 5.67. The second-order valence-electron chi connectivity index (χ2n) is 4.49. The van der Waals surface area contributed by atoms with Gasteiger partial charge < -0.3 is 5.32 Å². The van der Waals surface area contributed by atoms with Crippen LogP contribution in [0.3, 0.4) is 0 Å². The van der Waals surface area contributed by atoms with Crippen LogP contribution in [0.4, 0.5) is 0 Å². The zero-order chi connectivity index (χ0) is 12.2. The van der Waals surface area contributed by atoms with E-state index in [0.29, 0.717) is 18.0 Å². The van der Waals surface area contributed by atoms with Gasteiger partial charge in [0.05, 0.1) is 0 Å². The Morgan fingerprint density at radius 1 is 1.38 bits per heavy atom. The number of halogens is 2. The number of benzene rings is 1. The summed E-state index contributed by atoms with van der Waals surface area (Å²) in [6.45, 7) is 4.61. The van der Waals surface area contributed by atoms with Crippen molar-refractivity contribution in [1.29, 1.82) is 0 Å². The number of hydrogen-bond donors (Lipinski definition) is 1. The summed E-state index contributed by atoms with van der Waals surface area (Å²) in [6, 6.07) is 7.27. The number of amides is 1. The van der Waals surface area contributed by atoms with E-state index in [1.54, 1.807) is 12.1 Å². The summed E-state index contributed by atoms with van der Waals surface area (Å²) in [6.07, 6.45) is 0. The molecule has 0 bridgehead atoms. The molecule has 0 saturated carbocycles. The SMILES string of the molecule is CC(C)(CCl)CNC(=O)c1ccc(Br)cc1. The molecule has 2 nitrogen and oxygen atoms in total. The minimum absolute atomic E-state index is 0.0642. The lowest BCUT2D eigenvalue weighted by Gasteiger charge is -2.21. The molecule has 0 saturated heterocycles. The molecule has 0 spiro atoms. The molecule has 0 aliphatic heterocycles. The maximum atomic E-state index is 11.7. The lowest BCUT2D eigenvalue weighted by Crippen LogP contribution is -2.34. The molecule has 0 aliphatic rings. The van der Waals surface area contributed by atoms with Crippen LogP contribution >= 0.6 is 27.5 Å². The van der Waals surface area contributed by atoms with Crippen molar-refractivity contribution in [2.24, 2.45) is 5.41 Å². The number of carbonyl (C=O) groups is 1. The van der Waals surface area contributed by atoms with Crippen LogP contribution in [0.25, 0.3) is 0 Å². The smallest absolute Gasteiger partial charge is 0.251 e. The summed E-state index contributed by atoms with van der Waals surface area (Å²) in [4.78, 5) is 11.7. The molecule has 0 aromatic heterocycles. The number of alkyl halides is 1. The summed E-state index contributed by atoms with van der Waals surface area (Å²) >= 11 is 9.11. The number of carbonyl (C=O) groups excluding carboxylic acids is 1. The Morgan fingerprint density at radius 3 is 2.44 bits per heavy atom. The lowest BCUT2D eigenvalue weighted by molar-refractivity contribution is 0.0940. The Bertz CT molecular complexity index is 362. The van der Waals surface area contributed by atoms with Crippen molar-refractivity contribution < 1.29 is 4.79 Å². The van der Waals surface area contributed by atoms with Gasteiger partial charge in [-0.1, -0.05) is 29.8 Å². The van der Waals surface area contributed by atoms with Gasteiger partial charge in [0.15, 0.2) is 0 Å². The van der Waals surface area contributed by atoms with Crippen molar-refractivity contribution in [1.82, 2.24) is 5.32 Å². The molecule has 1 aromatic carbocycles. The summed E-state index contributed by atoms with van der Waals surface area (Å²) in [5.74, 6) is 0.457. The molecule has 0 unspecified atom stereocenters. The molecule has 1 rings (SSSR count). The molecule has 4 heteroatoms. The fourth-order valence-electron chi connectivity index (χ4n) is 1.07. The van der Waals surface area contributed by atoms with Crippen LogP contribution in [0.15, 0.2) is 28.7 Å². The summed E-state index contributed by atoms with van der Waals surface area (Å²) in [7, 11) is 0. The van der Waals surface area contributed by atoms with Gasteiger partial charge in [0, 0.05) is 22.5 Å². The van der Waals surface area contributed by atoms with Crippen molar-refractivity contribution >= 4 is 33.4 Å². The summed E-state index contributed by atoms with van der Waals surface area (Å²) < 4.78 is 0.963. The molecule has 1 N–H and O–H groups in total. The van der Waals surface area contributed by atoms with Crippen LogP contribution in [0.1, 0.15) is 24.2 Å². The van der Waals surface area contributed by atoms with Gasteiger partial charge in [-0.15, -0.1) is 11.6 Å². The Morgan fingerprint density at radius 2 is 1.94 bits per heavy atom. The molecular formula is C12H15BrClNO. The van der Waals surface area contributed by atoms with Crippen molar-refractivity contribution in [3.63, 3.8) is 0 Å². The summed E-state index contributed by atoms with van der Waals surface area (Å²) in [5.41, 5.74) is 0.584. The zero-order valence-electron chi connectivity index (χ0n) is 9.39. The highest BCUT2D eigenvalue weighted by molar-refractivity contribution is 9.10. The maximum absolute atomic E-state index is 11.7. The van der Waals surface area contributed by atoms with Crippen molar-refractivity contribution in [3.8, 4) is 0 Å². The van der Waals surface area contributed by atoms with Crippen LogP contribution in [0.5, 0.6) is 0 Å². The van der Waals surface area contributed by atoms with Gasteiger partial charge >= 0.3 is 0 Å². The van der Waals surface area contributed by atoms with Gasteiger partial charge in [-0.3, -0.25) is 4.79 Å². The molecular weight excluding hydrogens is 289 g/mol. The number of hydrogen-bond acceptors (Lipinski definition) is 1. The molecule has 0 aliphatic carbocycles. The minimum atomic E-state index is -0.0768. The predicted octanol–water partition coefficient (Wildman–Crippen LogP) is 3.44. The molecule has 0 atom stereocenters. The van der Waals surface area contributed by atoms with Gasteiger partial charge in [-0.05, 0) is 29.7 Å². The number of nitrogens with one attached hydrogen (secondary N) is 1. The first-order valence-electron chi connectivity index (χ1n) is 5.04. The fraction of sp³-hybridized carbons (Fsp3) is 0.417. The fourth-order valence-corrected chi connectivity index (χ4v) is 1.43. The van der Waals surface area contributed by atoms with E-state index in [1.165, 1.54) is 0 Å². The van der Waals surface area contributed by atoms with Gasteiger partial charge in [0.2, 0.25) is 0 Å². The van der Waals surface area contributed by atoms with Crippen molar-refractivity contribution in [3.05, 3.63) is 34.3 Å². The van der Waals surface area contributed by atoms with E-state index in [1.807, 2.05) is 26.0 Å². The van der Waals surface area contributed by atoms with Crippen LogP contribution in [-0.2, 0) is 0 Å². The van der Waals surface area contributed by atoms with Crippen LogP contribution < -0.4 is 5.32 Å². The lowest BCUT2D eigenvalue weighted by atomic mass is 9.96. The van der Waals surface area contributed by atoms with Gasteiger partial charge in [0.1, 0.15) is 0 Å². The first-order chi connectivity index (χ1) is 7.44. The topological polar surface area (TPSA) is 29.1 Å². The Balaban J connectivity index is 2.56. The highest BCUT2D eigenvalue weighted by atomic mass is 79.9. The monoisotopic (exact) mass is 303 g/mol. The van der Waals surface area contributed by atoms with Gasteiger partial charge in [-0.2, -0.15) is 0 Å². The van der Waals surface area contributed by atoms with Crippen molar-refractivity contribution in [2.45, 2.75) is 13.8 Å². The molecule has 0 heterocycles. The first-order valence-corrected chi connectivity index (χ1v) is 6.37. The molecule has 16 heavy (non-hydrogen) atoms.